The van der Waals surface area contributed by atoms with Gasteiger partial charge in [-0.25, -0.2) is 4.79 Å². The number of furan rings is 1. The first kappa shape index (κ1) is 13.4. The van der Waals surface area contributed by atoms with E-state index in [2.05, 4.69) is 10.1 Å². The normalized spacial score (nSPS) is 10.2. The molecule has 2 aromatic rings. The number of nitrogens with one attached hydrogen (secondary N) is 1. The molecule has 0 aliphatic heterocycles. The van der Waals surface area contributed by atoms with Gasteiger partial charge in [-0.15, -0.1) is 11.3 Å². The lowest BCUT2D eigenvalue weighted by molar-refractivity contribution is 0.0607. The largest absolute Gasteiger partial charge is 0.469 e. The van der Waals surface area contributed by atoms with Crippen molar-refractivity contribution < 1.29 is 18.7 Å². The molecule has 2 aromatic heterocycles. The topological polar surface area (TPSA) is 68.5 Å². The number of carbonyl (C=O) groups excluding carboxylic acids is 2. The van der Waals surface area contributed by atoms with E-state index in [1.165, 1.54) is 24.7 Å². The second-order valence-electron chi connectivity index (χ2n) is 3.72. The summed E-state index contributed by atoms with van der Waals surface area (Å²) >= 11 is 1.22. The molecule has 0 saturated heterocycles. The van der Waals surface area contributed by atoms with Crippen LogP contribution < -0.4 is 5.32 Å². The molecule has 0 aromatic carbocycles. The number of carbonyl (C=O) groups is 2. The summed E-state index contributed by atoms with van der Waals surface area (Å²) in [6.07, 6.45) is 2.10. The number of methoxy groups -OCH3 is 1. The van der Waals surface area contributed by atoms with E-state index in [0.29, 0.717) is 28.3 Å². The van der Waals surface area contributed by atoms with Crippen LogP contribution in [0.3, 0.4) is 0 Å². The van der Waals surface area contributed by atoms with Crippen LogP contribution in [0.1, 0.15) is 32.7 Å². The lowest BCUT2D eigenvalue weighted by Gasteiger charge is -2.05. The van der Waals surface area contributed by atoms with Crippen LogP contribution in [0.25, 0.3) is 0 Å². The average Bonchev–Trinajstić information content (AvgIpc) is 3.05. The van der Waals surface area contributed by atoms with E-state index in [1.807, 2.05) is 6.92 Å². The molecule has 1 amide bonds. The second kappa shape index (κ2) is 5.71. The summed E-state index contributed by atoms with van der Waals surface area (Å²) in [5.41, 5.74) is 0.926. The van der Waals surface area contributed by atoms with Gasteiger partial charge in [0.05, 0.1) is 24.6 Å². The van der Waals surface area contributed by atoms with Crippen LogP contribution in [-0.2, 0) is 11.2 Å². The molecule has 0 bridgehead atoms. The van der Waals surface area contributed by atoms with Crippen molar-refractivity contribution in [2.45, 2.75) is 13.3 Å². The Morgan fingerprint density at radius 2 is 2.21 bits per heavy atom. The minimum atomic E-state index is -0.465. The quantitative estimate of drug-likeness (QED) is 0.874. The van der Waals surface area contributed by atoms with Crippen molar-refractivity contribution in [2.75, 3.05) is 12.4 Å². The Bertz CT molecular complexity index is 599. The summed E-state index contributed by atoms with van der Waals surface area (Å²) in [4.78, 5) is 24.0. The van der Waals surface area contributed by atoms with Crippen molar-refractivity contribution in [2.24, 2.45) is 0 Å². The van der Waals surface area contributed by atoms with Gasteiger partial charge in [-0.2, -0.15) is 0 Å². The van der Waals surface area contributed by atoms with Gasteiger partial charge in [-0.1, -0.05) is 6.92 Å². The van der Waals surface area contributed by atoms with Crippen LogP contribution in [0.2, 0.25) is 0 Å². The number of hydrogen-bond acceptors (Lipinski definition) is 5. The van der Waals surface area contributed by atoms with Gasteiger partial charge in [0, 0.05) is 6.42 Å². The van der Waals surface area contributed by atoms with Gasteiger partial charge in [0.15, 0.2) is 0 Å². The zero-order chi connectivity index (χ0) is 13.8. The summed E-state index contributed by atoms with van der Waals surface area (Å²) in [5, 5.41) is 4.41. The van der Waals surface area contributed by atoms with Gasteiger partial charge in [0.25, 0.3) is 5.91 Å². The molecule has 0 radical (unpaired) electrons. The predicted octanol–water partition coefficient (Wildman–Crippen LogP) is 2.94. The van der Waals surface area contributed by atoms with E-state index < -0.39 is 5.97 Å². The Kier molecular flexibility index (Phi) is 4.01. The summed E-state index contributed by atoms with van der Waals surface area (Å²) < 4.78 is 9.86. The summed E-state index contributed by atoms with van der Waals surface area (Å²) in [5.74, 6) is -0.144. The van der Waals surface area contributed by atoms with Crippen LogP contribution in [-0.4, -0.2) is 19.0 Å². The van der Waals surface area contributed by atoms with Crippen LogP contribution in [0.4, 0.5) is 5.69 Å². The predicted molar refractivity (Wildman–Crippen MR) is 71.7 cm³/mol. The smallest absolute Gasteiger partial charge is 0.350 e. The van der Waals surface area contributed by atoms with Gasteiger partial charge in [-0.3, -0.25) is 4.79 Å². The van der Waals surface area contributed by atoms with Gasteiger partial charge < -0.3 is 14.5 Å². The van der Waals surface area contributed by atoms with Crippen molar-refractivity contribution in [1.82, 2.24) is 0 Å². The molecular weight excluding hydrogens is 266 g/mol. The fraction of sp³-hybridized carbons (Fsp3) is 0.231. The Hall–Kier alpha value is -2.08. The van der Waals surface area contributed by atoms with Crippen LogP contribution in [0, 0.1) is 0 Å². The summed E-state index contributed by atoms with van der Waals surface area (Å²) in [6, 6.07) is 3.28. The Morgan fingerprint density at radius 1 is 1.42 bits per heavy atom. The minimum absolute atomic E-state index is 0.297. The number of anilines is 1. The van der Waals surface area contributed by atoms with Gasteiger partial charge in [0.2, 0.25) is 0 Å². The van der Waals surface area contributed by atoms with Crippen molar-refractivity contribution in [3.63, 3.8) is 0 Å². The van der Waals surface area contributed by atoms with Crippen molar-refractivity contribution in [3.05, 3.63) is 40.0 Å². The Morgan fingerprint density at radius 3 is 2.89 bits per heavy atom. The molecule has 100 valence electrons. The third-order valence-electron chi connectivity index (χ3n) is 2.60. The number of amides is 1. The average molecular weight is 279 g/mol. The maximum Gasteiger partial charge on any atom is 0.350 e. The van der Waals surface area contributed by atoms with Crippen molar-refractivity contribution >= 4 is 28.9 Å². The molecular formula is C13H13NO4S. The number of ether oxygens (including phenoxy) is 1. The lowest BCUT2D eigenvalue weighted by Crippen LogP contribution is -2.14. The van der Waals surface area contributed by atoms with Gasteiger partial charge in [-0.05, 0) is 17.5 Å². The number of hydrogen-bond donors (Lipinski definition) is 1. The minimum Gasteiger partial charge on any atom is -0.469 e. The number of esters is 1. The van der Waals surface area contributed by atoms with E-state index in [9.17, 15) is 9.59 Å². The summed E-state index contributed by atoms with van der Waals surface area (Å²) in [6.45, 7) is 1.90. The third-order valence-corrected chi connectivity index (χ3v) is 3.49. The molecule has 6 heteroatoms. The standard InChI is InChI=1S/C13H13NO4S/c1-3-10-8(4-6-18-10)12(15)14-9-5-7-19-11(9)13(16)17-2/h4-7H,3H2,1-2H3,(H,14,15). The zero-order valence-corrected chi connectivity index (χ0v) is 11.4. The molecule has 19 heavy (non-hydrogen) atoms. The highest BCUT2D eigenvalue weighted by Gasteiger charge is 2.18. The highest BCUT2D eigenvalue weighted by Crippen LogP contribution is 2.24. The van der Waals surface area contributed by atoms with E-state index in [-0.39, 0.29) is 5.91 Å². The maximum atomic E-state index is 12.1. The number of thiophene rings is 1. The summed E-state index contributed by atoms with van der Waals surface area (Å²) in [7, 11) is 1.30. The molecule has 2 rings (SSSR count). The first-order chi connectivity index (χ1) is 9.17. The molecule has 1 N–H and O–H groups in total. The Labute approximate surface area is 114 Å². The SMILES string of the molecule is CCc1occc1C(=O)Nc1ccsc1C(=O)OC. The first-order valence-corrected chi connectivity index (χ1v) is 6.58. The highest BCUT2D eigenvalue weighted by atomic mass is 32.1. The van der Waals surface area contributed by atoms with Gasteiger partial charge in [0.1, 0.15) is 10.6 Å². The molecule has 5 nitrogen and oxygen atoms in total. The molecule has 0 unspecified atom stereocenters. The van der Waals surface area contributed by atoms with E-state index in [4.69, 9.17) is 4.42 Å². The second-order valence-corrected chi connectivity index (χ2v) is 4.64. The van der Waals surface area contributed by atoms with Gasteiger partial charge >= 0.3 is 5.97 Å². The monoisotopic (exact) mass is 279 g/mol. The zero-order valence-electron chi connectivity index (χ0n) is 10.6. The number of aryl methyl sites for hydroxylation is 1. The Balaban J connectivity index is 2.20. The molecule has 0 atom stereocenters. The highest BCUT2D eigenvalue weighted by molar-refractivity contribution is 7.12. The molecule has 0 spiro atoms. The lowest BCUT2D eigenvalue weighted by atomic mass is 10.2. The van der Waals surface area contributed by atoms with Crippen LogP contribution >= 0.6 is 11.3 Å². The van der Waals surface area contributed by atoms with Crippen LogP contribution in [0.5, 0.6) is 0 Å². The third kappa shape index (κ3) is 2.68. The maximum absolute atomic E-state index is 12.1. The fourth-order valence-corrected chi connectivity index (χ4v) is 2.43. The van der Waals surface area contributed by atoms with E-state index in [0.717, 1.165) is 0 Å². The molecule has 0 fully saturated rings. The molecule has 0 aliphatic carbocycles. The fourth-order valence-electron chi connectivity index (χ4n) is 1.66. The first-order valence-electron chi connectivity index (χ1n) is 5.70. The molecule has 2 heterocycles. The van der Waals surface area contributed by atoms with E-state index >= 15 is 0 Å². The van der Waals surface area contributed by atoms with Crippen molar-refractivity contribution in [1.29, 1.82) is 0 Å². The van der Waals surface area contributed by atoms with Crippen molar-refractivity contribution in [3.8, 4) is 0 Å². The van der Waals surface area contributed by atoms with Crippen LogP contribution in [0.15, 0.2) is 28.2 Å². The molecule has 0 saturated carbocycles. The number of rotatable bonds is 4. The molecule has 0 aliphatic rings. The van der Waals surface area contributed by atoms with E-state index in [1.54, 1.807) is 17.5 Å².